The lowest BCUT2D eigenvalue weighted by molar-refractivity contribution is -0.137. The monoisotopic (exact) mass is 316 g/mol. The first-order valence-electron chi connectivity index (χ1n) is 7.12. The zero-order valence-corrected chi connectivity index (χ0v) is 12.2. The van der Waals surface area contributed by atoms with Gasteiger partial charge in [0.25, 0.3) is 0 Å². The maximum atomic E-state index is 13.4. The Kier molecular flexibility index (Phi) is 4.04. The summed E-state index contributed by atoms with van der Waals surface area (Å²) in [5, 5.41) is 1.07. The molecule has 0 N–H and O–H groups in total. The van der Waals surface area contributed by atoms with Crippen molar-refractivity contribution in [2.75, 3.05) is 0 Å². The van der Waals surface area contributed by atoms with E-state index < -0.39 is 17.6 Å². The van der Waals surface area contributed by atoms with E-state index in [2.05, 4.69) is 6.08 Å². The molecule has 0 saturated carbocycles. The average molecular weight is 316 g/mol. The molecular formula is C16H16F4S. The summed E-state index contributed by atoms with van der Waals surface area (Å²) in [4.78, 5) is 0. The van der Waals surface area contributed by atoms with Gasteiger partial charge in [0.05, 0.1) is 5.56 Å². The Balaban J connectivity index is 1.82. The Labute approximate surface area is 125 Å². The molecule has 0 nitrogen and oxygen atoms in total. The summed E-state index contributed by atoms with van der Waals surface area (Å²) in [6.45, 7) is 0. The second kappa shape index (κ2) is 5.67. The summed E-state index contributed by atoms with van der Waals surface area (Å²) in [7, 11) is 0. The van der Waals surface area contributed by atoms with E-state index in [0.717, 1.165) is 24.5 Å². The molecule has 2 heterocycles. The Hall–Kier alpha value is -0.970. The van der Waals surface area contributed by atoms with Crippen LogP contribution in [0.4, 0.5) is 17.6 Å². The Morgan fingerprint density at radius 2 is 1.95 bits per heavy atom. The molecule has 1 aromatic rings. The number of alkyl halides is 3. The number of benzene rings is 1. The molecule has 2 atom stereocenters. The molecule has 2 bridgehead atoms. The summed E-state index contributed by atoms with van der Waals surface area (Å²) in [6.07, 6.45) is 2.57. The molecule has 1 saturated heterocycles. The van der Waals surface area contributed by atoms with Crippen LogP contribution in [0.15, 0.2) is 29.8 Å². The number of rotatable bonds is 2. The van der Waals surface area contributed by atoms with Crippen LogP contribution in [0, 0.1) is 5.82 Å². The number of hydrogen-bond donors (Lipinski definition) is 0. The number of hydrogen-bond acceptors (Lipinski definition) is 1. The Morgan fingerprint density at radius 1 is 1.14 bits per heavy atom. The number of fused-ring (bicyclic) bond motifs is 2. The van der Waals surface area contributed by atoms with Crippen molar-refractivity contribution in [3.63, 3.8) is 0 Å². The van der Waals surface area contributed by atoms with Gasteiger partial charge >= 0.3 is 6.18 Å². The van der Waals surface area contributed by atoms with Crippen LogP contribution in [0.5, 0.6) is 0 Å². The van der Waals surface area contributed by atoms with Crippen molar-refractivity contribution in [1.29, 1.82) is 0 Å². The summed E-state index contributed by atoms with van der Waals surface area (Å²) in [5.41, 5.74) is 0.671. The van der Waals surface area contributed by atoms with Crippen molar-refractivity contribution in [3.05, 3.63) is 46.8 Å². The van der Waals surface area contributed by atoms with Crippen molar-refractivity contribution in [1.82, 2.24) is 0 Å². The minimum atomic E-state index is -4.50. The Bertz CT molecular complexity index is 562. The van der Waals surface area contributed by atoms with Crippen LogP contribution < -0.4 is 0 Å². The standard InChI is InChI=1S/C16H16F4S/c17-13-6-10(5-12(9-13)16(18,19)20)4-11-7-14-2-1-3-15(8-11)21-14/h5-7,9,14-15H,1-4,8H2. The van der Waals surface area contributed by atoms with E-state index in [0.29, 0.717) is 28.6 Å². The summed E-state index contributed by atoms with van der Waals surface area (Å²) in [5.74, 6) is -0.814. The molecule has 3 rings (SSSR count). The van der Waals surface area contributed by atoms with Gasteiger partial charge in [-0.15, -0.1) is 0 Å². The van der Waals surface area contributed by atoms with Gasteiger partial charge in [-0.1, -0.05) is 18.1 Å². The highest BCUT2D eigenvalue weighted by Crippen LogP contribution is 2.41. The van der Waals surface area contributed by atoms with Crippen LogP contribution in [-0.4, -0.2) is 10.5 Å². The van der Waals surface area contributed by atoms with Gasteiger partial charge in [-0.3, -0.25) is 0 Å². The third kappa shape index (κ3) is 3.62. The highest BCUT2D eigenvalue weighted by molar-refractivity contribution is 8.00. The number of allylic oxidation sites excluding steroid dienone is 1. The van der Waals surface area contributed by atoms with E-state index in [-0.39, 0.29) is 0 Å². The largest absolute Gasteiger partial charge is 0.416 e. The normalized spacial score (nSPS) is 25.6. The molecular weight excluding hydrogens is 300 g/mol. The maximum absolute atomic E-state index is 13.4. The molecule has 0 aromatic heterocycles. The first-order chi connectivity index (χ1) is 9.90. The zero-order valence-electron chi connectivity index (χ0n) is 11.4. The van der Waals surface area contributed by atoms with E-state index in [1.807, 2.05) is 11.8 Å². The molecule has 5 heteroatoms. The molecule has 2 aliphatic rings. The van der Waals surface area contributed by atoms with Crippen LogP contribution in [0.2, 0.25) is 0 Å². The van der Waals surface area contributed by atoms with E-state index >= 15 is 0 Å². The molecule has 0 aliphatic carbocycles. The van der Waals surface area contributed by atoms with Gasteiger partial charge in [0, 0.05) is 10.5 Å². The fourth-order valence-corrected chi connectivity index (χ4v) is 4.82. The summed E-state index contributed by atoms with van der Waals surface area (Å²) >= 11 is 1.97. The lowest BCUT2D eigenvalue weighted by Crippen LogP contribution is -2.22. The van der Waals surface area contributed by atoms with Crippen molar-refractivity contribution in [3.8, 4) is 0 Å². The SMILES string of the molecule is Fc1cc(CC2=CC3CCCC(C2)S3)cc(C(F)(F)F)c1. The first kappa shape index (κ1) is 14.9. The Morgan fingerprint density at radius 3 is 2.67 bits per heavy atom. The number of thioether (sulfide) groups is 1. The van der Waals surface area contributed by atoms with Crippen LogP contribution in [-0.2, 0) is 12.6 Å². The lowest BCUT2D eigenvalue weighted by Gasteiger charge is -2.33. The van der Waals surface area contributed by atoms with Crippen LogP contribution in [0.1, 0.15) is 36.8 Å². The van der Waals surface area contributed by atoms with E-state index in [1.165, 1.54) is 18.9 Å². The van der Waals surface area contributed by atoms with Gasteiger partial charge in [-0.05, 0) is 49.4 Å². The fraction of sp³-hybridized carbons (Fsp3) is 0.500. The van der Waals surface area contributed by atoms with Crippen LogP contribution in [0.25, 0.3) is 0 Å². The van der Waals surface area contributed by atoms with E-state index in [4.69, 9.17) is 0 Å². The second-order valence-corrected chi connectivity index (χ2v) is 7.32. The third-order valence-corrected chi connectivity index (χ3v) is 5.52. The van der Waals surface area contributed by atoms with Gasteiger partial charge < -0.3 is 0 Å². The van der Waals surface area contributed by atoms with Crippen molar-refractivity contribution < 1.29 is 17.6 Å². The molecule has 0 radical (unpaired) electrons. The highest BCUT2D eigenvalue weighted by atomic mass is 32.2. The van der Waals surface area contributed by atoms with Gasteiger partial charge in [0.2, 0.25) is 0 Å². The van der Waals surface area contributed by atoms with Crippen LogP contribution >= 0.6 is 11.8 Å². The molecule has 1 fully saturated rings. The van der Waals surface area contributed by atoms with E-state index in [9.17, 15) is 17.6 Å². The molecule has 0 amide bonds. The minimum absolute atomic E-state index is 0.415. The third-order valence-electron chi connectivity index (χ3n) is 4.01. The smallest absolute Gasteiger partial charge is 0.207 e. The molecule has 0 spiro atoms. The van der Waals surface area contributed by atoms with Gasteiger partial charge in [-0.25, -0.2) is 4.39 Å². The van der Waals surface area contributed by atoms with Crippen LogP contribution in [0.3, 0.4) is 0 Å². The van der Waals surface area contributed by atoms with Gasteiger partial charge in [-0.2, -0.15) is 24.9 Å². The molecule has 114 valence electrons. The molecule has 2 aliphatic heterocycles. The second-order valence-electron chi connectivity index (χ2n) is 5.78. The van der Waals surface area contributed by atoms with Crippen molar-refractivity contribution in [2.45, 2.75) is 48.8 Å². The van der Waals surface area contributed by atoms with E-state index in [1.54, 1.807) is 0 Å². The molecule has 1 aromatic carbocycles. The molecule has 2 unspecified atom stereocenters. The number of halogens is 4. The minimum Gasteiger partial charge on any atom is -0.207 e. The lowest BCUT2D eigenvalue weighted by atomic mass is 9.93. The topological polar surface area (TPSA) is 0 Å². The van der Waals surface area contributed by atoms with Crippen molar-refractivity contribution in [2.24, 2.45) is 0 Å². The predicted octanol–water partition coefficient (Wildman–Crippen LogP) is 5.37. The summed E-state index contributed by atoms with van der Waals surface area (Å²) < 4.78 is 51.6. The molecule has 21 heavy (non-hydrogen) atoms. The quantitative estimate of drug-likeness (QED) is 0.522. The summed E-state index contributed by atoms with van der Waals surface area (Å²) in [6, 6.07) is 2.85. The highest BCUT2D eigenvalue weighted by Gasteiger charge is 2.32. The first-order valence-corrected chi connectivity index (χ1v) is 8.06. The van der Waals surface area contributed by atoms with Gasteiger partial charge in [0.15, 0.2) is 0 Å². The van der Waals surface area contributed by atoms with Gasteiger partial charge in [0.1, 0.15) is 5.82 Å². The van der Waals surface area contributed by atoms with Crippen molar-refractivity contribution >= 4 is 11.8 Å². The maximum Gasteiger partial charge on any atom is 0.416 e. The fourth-order valence-electron chi connectivity index (χ4n) is 3.14. The average Bonchev–Trinajstić information content (AvgIpc) is 2.36. The predicted molar refractivity (Wildman–Crippen MR) is 76.8 cm³/mol. The zero-order chi connectivity index (χ0) is 15.0.